The minimum atomic E-state index is -0.602. The molecule has 0 heterocycles. The van der Waals surface area contributed by atoms with Gasteiger partial charge in [0.05, 0.1) is 11.3 Å². The summed E-state index contributed by atoms with van der Waals surface area (Å²) in [5.41, 5.74) is 1.35. The van der Waals surface area contributed by atoms with Crippen LogP contribution in [0, 0.1) is 10.1 Å². The number of para-hydroxylation sites is 1. The standard InChI is InChI=1S/C25H31N3O4/c1-2-22(25(30)26-21-13-7-8-14-21)27(17-16-19-10-4-3-5-11-19)24(29)18-20-12-6-9-15-23(20)28(31)32/h3-6,9-12,15,21-22H,2,7-8,13-14,16-18H2,1H3,(H,26,30). The smallest absolute Gasteiger partial charge is 0.273 e. The molecule has 3 rings (SSSR count). The number of nitrogens with zero attached hydrogens (tertiary/aromatic N) is 2. The Kier molecular flexibility index (Phi) is 8.36. The van der Waals surface area contributed by atoms with Crippen molar-refractivity contribution < 1.29 is 14.5 Å². The fraction of sp³-hybridized carbons (Fsp3) is 0.440. The molecule has 7 nitrogen and oxygen atoms in total. The molecule has 1 atom stereocenters. The van der Waals surface area contributed by atoms with E-state index < -0.39 is 11.0 Å². The van der Waals surface area contributed by atoms with Gasteiger partial charge in [-0.2, -0.15) is 0 Å². The molecule has 1 aliphatic rings. The molecule has 2 amide bonds. The third kappa shape index (κ3) is 6.15. The van der Waals surface area contributed by atoms with E-state index in [4.69, 9.17) is 0 Å². The molecule has 0 saturated heterocycles. The van der Waals surface area contributed by atoms with Crippen molar-refractivity contribution >= 4 is 17.5 Å². The summed E-state index contributed by atoms with van der Waals surface area (Å²) in [6, 6.07) is 15.6. The molecule has 0 aliphatic heterocycles. The van der Waals surface area contributed by atoms with Crippen molar-refractivity contribution in [1.29, 1.82) is 0 Å². The summed E-state index contributed by atoms with van der Waals surface area (Å²) in [5.74, 6) is -0.410. The number of nitro groups is 1. The van der Waals surface area contributed by atoms with Crippen molar-refractivity contribution in [2.24, 2.45) is 0 Å². The lowest BCUT2D eigenvalue weighted by molar-refractivity contribution is -0.385. The molecular formula is C25H31N3O4. The highest BCUT2D eigenvalue weighted by molar-refractivity contribution is 5.89. The highest BCUT2D eigenvalue weighted by atomic mass is 16.6. The summed E-state index contributed by atoms with van der Waals surface area (Å²) in [6.45, 7) is 2.27. The van der Waals surface area contributed by atoms with Gasteiger partial charge in [-0.25, -0.2) is 0 Å². The first-order valence-electron chi connectivity index (χ1n) is 11.4. The predicted molar refractivity (Wildman–Crippen MR) is 123 cm³/mol. The van der Waals surface area contributed by atoms with Crippen LogP contribution < -0.4 is 5.32 Å². The molecule has 2 aromatic rings. The van der Waals surface area contributed by atoms with E-state index in [0.717, 1.165) is 31.2 Å². The molecule has 0 radical (unpaired) electrons. The molecule has 0 aromatic heterocycles. The first kappa shape index (κ1) is 23.4. The number of hydrogen-bond acceptors (Lipinski definition) is 4. The predicted octanol–water partition coefficient (Wildman–Crippen LogP) is 4.05. The van der Waals surface area contributed by atoms with Gasteiger partial charge >= 0.3 is 0 Å². The topological polar surface area (TPSA) is 92.6 Å². The van der Waals surface area contributed by atoms with Gasteiger partial charge in [-0.3, -0.25) is 19.7 Å². The zero-order valence-electron chi connectivity index (χ0n) is 18.5. The van der Waals surface area contributed by atoms with Crippen LogP contribution in [-0.4, -0.2) is 40.3 Å². The SMILES string of the molecule is CCC(C(=O)NC1CCCC1)N(CCc1ccccc1)C(=O)Cc1ccccc1[N+](=O)[O-]. The lowest BCUT2D eigenvalue weighted by Crippen LogP contribution is -2.52. The lowest BCUT2D eigenvalue weighted by Gasteiger charge is -2.31. The zero-order chi connectivity index (χ0) is 22.9. The second-order valence-electron chi connectivity index (χ2n) is 8.30. The minimum Gasteiger partial charge on any atom is -0.352 e. The van der Waals surface area contributed by atoms with Crippen molar-refractivity contribution in [1.82, 2.24) is 10.2 Å². The number of benzene rings is 2. The molecule has 1 fully saturated rings. The van der Waals surface area contributed by atoms with Crippen molar-refractivity contribution in [3.63, 3.8) is 0 Å². The normalized spacial score (nSPS) is 14.7. The van der Waals surface area contributed by atoms with Crippen LogP contribution >= 0.6 is 0 Å². The van der Waals surface area contributed by atoms with Gasteiger partial charge in [-0.15, -0.1) is 0 Å². The Balaban J connectivity index is 1.80. The van der Waals surface area contributed by atoms with Gasteiger partial charge in [-0.1, -0.05) is 68.3 Å². The second-order valence-corrected chi connectivity index (χ2v) is 8.30. The van der Waals surface area contributed by atoms with Crippen molar-refractivity contribution in [2.75, 3.05) is 6.54 Å². The van der Waals surface area contributed by atoms with E-state index in [-0.39, 0.29) is 30.0 Å². The lowest BCUT2D eigenvalue weighted by atomic mass is 10.0. The molecule has 2 aromatic carbocycles. The number of nitrogens with one attached hydrogen (secondary N) is 1. The van der Waals surface area contributed by atoms with E-state index in [2.05, 4.69) is 5.32 Å². The van der Waals surface area contributed by atoms with Crippen LogP contribution in [0.1, 0.15) is 50.2 Å². The maximum atomic E-state index is 13.4. The number of amides is 2. The molecular weight excluding hydrogens is 406 g/mol. The summed E-state index contributed by atoms with van der Waals surface area (Å²) in [7, 11) is 0. The van der Waals surface area contributed by atoms with Crippen molar-refractivity contribution in [3.05, 3.63) is 75.8 Å². The largest absolute Gasteiger partial charge is 0.352 e. The number of hydrogen-bond donors (Lipinski definition) is 1. The number of carbonyl (C=O) groups excluding carboxylic acids is 2. The molecule has 1 saturated carbocycles. The summed E-state index contributed by atoms with van der Waals surface area (Å²) in [6.07, 6.45) is 5.13. The van der Waals surface area contributed by atoms with Gasteiger partial charge in [0.25, 0.3) is 5.69 Å². The Hall–Kier alpha value is -3.22. The minimum absolute atomic E-state index is 0.0766. The first-order chi connectivity index (χ1) is 15.5. The van der Waals surface area contributed by atoms with Crippen LogP contribution in [0.25, 0.3) is 0 Å². The van der Waals surface area contributed by atoms with E-state index in [9.17, 15) is 19.7 Å². The maximum absolute atomic E-state index is 13.4. The molecule has 0 spiro atoms. The van der Waals surface area contributed by atoms with Gasteiger partial charge in [0.2, 0.25) is 11.8 Å². The molecule has 7 heteroatoms. The van der Waals surface area contributed by atoms with Crippen LogP contribution in [0.2, 0.25) is 0 Å². The summed E-state index contributed by atoms with van der Waals surface area (Å²) in [5, 5.41) is 14.5. The summed E-state index contributed by atoms with van der Waals surface area (Å²) >= 11 is 0. The Morgan fingerprint density at radius 2 is 1.75 bits per heavy atom. The van der Waals surface area contributed by atoms with Crippen LogP contribution in [0.5, 0.6) is 0 Å². The van der Waals surface area contributed by atoms with Gasteiger partial charge < -0.3 is 10.2 Å². The molecule has 1 unspecified atom stereocenters. The highest BCUT2D eigenvalue weighted by Crippen LogP contribution is 2.21. The van der Waals surface area contributed by atoms with Crippen molar-refractivity contribution in [2.45, 2.75) is 64.0 Å². The fourth-order valence-electron chi connectivity index (χ4n) is 4.37. The fourth-order valence-corrected chi connectivity index (χ4v) is 4.37. The highest BCUT2D eigenvalue weighted by Gasteiger charge is 2.31. The van der Waals surface area contributed by atoms with E-state index in [0.29, 0.717) is 24.9 Å². The third-order valence-corrected chi connectivity index (χ3v) is 6.10. The summed E-state index contributed by atoms with van der Waals surface area (Å²) < 4.78 is 0. The molecule has 0 bridgehead atoms. The van der Waals surface area contributed by atoms with Crippen LogP contribution in [0.3, 0.4) is 0 Å². The molecule has 1 aliphatic carbocycles. The van der Waals surface area contributed by atoms with E-state index in [1.165, 1.54) is 6.07 Å². The zero-order valence-corrected chi connectivity index (χ0v) is 18.5. The number of carbonyl (C=O) groups is 2. The molecule has 32 heavy (non-hydrogen) atoms. The Morgan fingerprint density at radius 1 is 1.09 bits per heavy atom. The summed E-state index contributed by atoms with van der Waals surface area (Å²) in [4.78, 5) is 39.0. The van der Waals surface area contributed by atoms with Gasteiger partial charge in [0.15, 0.2) is 0 Å². The van der Waals surface area contributed by atoms with Crippen LogP contribution in [-0.2, 0) is 22.4 Å². The molecule has 1 N–H and O–H groups in total. The van der Waals surface area contributed by atoms with Gasteiger partial charge in [0.1, 0.15) is 6.04 Å². The monoisotopic (exact) mass is 437 g/mol. The Morgan fingerprint density at radius 3 is 2.41 bits per heavy atom. The van der Waals surface area contributed by atoms with Gasteiger partial charge in [0, 0.05) is 24.2 Å². The number of rotatable bonds is 10. The molecule has 170 valence electrons. The van der Waals surface area contributed by atoms with Gasteiger partial charge in [-0.05, 0) is 31.2 Å². The van der Waals surface area contributed by atoms with Crippen LogP contribution in [0.15, 0.2) is 54.6 Å². The van der Waals surface area contributed by atoms with E-state index in [1.54, 1.807) is 23.1 Å². The average Bonchev–Trinajstić information content (AvgIpc) is 3.30. The third-order valence-electron chi connectivity index (χ3n) is 6.10. The number of nitro benzene ring substituents is 1. The average molecular weight is 438 g/mol. The second kappa shape index (κ2) is 11.4. The van der Waals surface area contributed by atoms with Crippen molar-refractivity contribution in [3.8, 4) is 0 Å². The maximum Gasteiger partial charge on any atom is 0.273 e. The quantitative estimate of drug-likeness (QED) is 0.448. The first-order valence-corrected chi connectivity index (χ1v) is 11.4. The van der Waals surface area contributed by atoms with E-state index >= 15 is 0 Å². The van der Waals surface area contributed by atoms with Crippen LogP contribution in [0.4, 0.5) is 5.69 Å². The Bertz CT molecular complexity index is 926. The van der Waals surface area contributed by atoms with E-state index in [1.807, 2.05) is 37.3 Å². The Labute approximate surface area is 189 Å².